The zero-order chi connectivity index (χ0) is 13.7. The molecular formula is C12H17N3O3. The minimum Gasteiger partial charge on any atom is -0.481 e. The summed E-state index contributed by atoms with van der Waals surface area (Å²) in [4.78, 5) is 23.1. The van der Waals surface area contributed by atoms with Gasteiger partial charge in [0.25, 0.3) is 0 Å². The van der Waals surface area contributed by atoms with Crippen molar-refractivity contribution in [3.05, 3.63) is 11.4 Å². The smallest absolute Gasteiger partial charge is 0.307 e. The summed E-state index contributed by atoms with van der Waals surface area (Å²) in [6.07, 6.45) is 0. The quantitative estimate of drug-likeness (QED) is 0.755. The molecule has 1 aliphatic rings. The Morgan fingerprint density at radius 3 is 2.33 bits per heavy atom. The zero-order valence-corrected chi connectivity index (χ0v) is 10.9. The van der Waals surface area contributed by atoms with Gasteiger partial charge in [-0.25, -0.2) is 0 Å². The fraction of sp³-hybridized carbons (Fsp3) is 0.583. The van der Waals surface area contributed by atoms with Gasteiger partial charge in [0.15, 0.2) is 0 Å². The highest BCUT2D eigenvalue weighted by atomic mass is 16.4. The van der Waals surface area contributed by atoms with E-state index in [0.29, 0.717) is 11.4 Å². The molecule has 0 bridgehead atoms. The third kappa shape index (κ3) is 1.77. The summed E-state index contributed by atoms with van der Waals surface area (Å²) in [7, 11) is 0. The molecule has 0 unspecified atom stereocenters. The standard InChI is InChI=1S/C12H17N3O3/c1-5-9(6(2)15-14-5)13-10(16)7-8(11(17)18)12(7,3)4/h7-8H,1-4H3,(H,13,16)(H,14,15)(H,17,18)/t7-,8+/m1/s1. The third-order valence-corrected chi connectivity index (χ3v) is 3.75. The number of aryl methyl sites for hydroxylation is 2. The van der Waals surface area contributed by atoms with Crippen LogP contribution in [0.1, 0.15) is 25.2 Å². The van der Waals surface area contributed by atoms with Crippen LogP contribution in [0.2, 0.25) is 0 Å². The van der Waals surface area contributed by atoms with Crippen LogP contribution >= 0.6 is 0 Å². The van der Waals surface area contributed by atoms with Gasteiger partial charge in [0.2, 0.25) is 5.91 Å². The predicted molar refractivity (Wildman–Crippen MR) is 65.1 cm³/mol. The Balaban J connectivity index is 2.14. The van der Waals surface area contributed by atoms with E-state index in [4.69, 9.17) is 5.11 Å². The Kier molecular flexibility index (Phi) is 2.68. The Morgan fingerprint density at radius 1 is 1.33 bits per heavy atom. The van der Waals surface area contributed by atoms with Crippen LogP contribution in [-0.2, 0) is 9.59 Å². The lowest BCUT2D eigenvalue weighted by atomic mass is 10.1. The van der Waals surface area contributed by atoms with Gasteiger partial charge in [-0.2, -0.15) is 5.10 Å². The van der Waals surface area contributed by atoms with Crippen molar-refractivity contribution in [2.45, 2.75) is 27.7 Å². The van der Waals surface area contributed by atoms with E-state index in [9.17, 15) is 9.59 Å². The lowest BCUT2D eigenvalue weighted by Gasteiger charge is -2.05. The number of aromatic amines is 1. The summed E-state index contributed by atoms with van der Waals surface area (Å²) >= 11 is 0. The fourth-order valence-electron chi connectivity index (χ4n) is 2.52. The summed E-state index contributed by atoms with van der Waals surface area (Å²) in [6, 6.07) is 0. The molecule has 0 spiro atoms. The molecule has 2 atom stereocenters. The van der Waals surface area contributed by atoms with Crippen LogP contribution in [-0.4, -0.2) is 27.2 Å². The molecule has 0 aliphatic heterocycles. The van der Waals surface area contributed by atoms with Crippen LogP contribution in [0.15, 0.2) is 0 Å². The Hall–Kier alpha value is -1.85. The molecule has 1 aromatic rings. The van der Waals surface area contributed by atoms with Crippen molar-refractivity contribution in [2.75, 3.05) is 5.32 Å². The van der Waals surface area contributed by atoms with Gasteiger partial charge in [-0.15, -0.1) is 0 Å². The normalized spacial score (nSPS) is 24.7. The molecule has 1 amide bonds. The second-order valence-electron chi connectivity index (χ2n) is 5.41. The first-order valence-electron chi connectivity index (χ1n) is 5.82. The van der Waals surface area contributed by atoms with E-state index < -0.39 is 23.2 Å². The Labute approximate surface area is 105 Å². The number of anilines is 1. The highest BCUT2D eigenvalue weighted by Gasteiger charge is 2.65. The maximum absolute atomic E-state index is 12.1. The number of nitrogens with zero attached hydrogens (tertiary/aromatic N) is 1. The largest absolute Gasteiger partial charge is 0.481 e. The maximum atomic E-state index is 12.1. The van der Waals surface area contributed by atoms with Crippen LogP contribution in [0.3, 0.4) is 0 Å². The monoisotopic (exact) mass is 251 g/mol. The molecule has 6 heteroatoms. The average molecular weight is 251 g/mol. The van der Waals surface area contributed by atoms with Crippen molar-refractivity contribution in [3.63, 3.8) is 0 Å². The van der Waals surface area contributed by atoms with E-state index in [1.54, 1.807) is 20.8 Å². The topological polar surface area (TPSA) is 95.1 Å². The molecule has 1 heterocycles. The second kappa shape index (κ2) is 3.83. The summed E-state index contributed by atoms with van der Waals surface area (Å²) < 4.78 is 0. The van der Waals surface area contributed by atoms with Gasteiger partial charge in [-0.05, 0) is 19.3 Å². The number of aromatic nitrogens is 2. The molecule has 1 fully saturated rings. The van der Waals surface area contributed by atoms with Crippen LogP contribution in [0.4, 0.5) is 5.69 Å². The highest BCUT2D eigenvalue weighted by Crippen LogP contribution is 2.58. The van der Waals surface area contributed by atoms with Gasteiger partial charge < -0.3 is 10.4 Å². The van der Waals surface area contributed by atoms with Crippen LogP contribution in [0.25, 0.3) is 0 Å². The summed E-state index contributed by atoms with van der Waals surface area (Å²) in [5.41, 5.74) is 1.63. The number of aliphatic carboxylic acids is 1. The number of carboxylic acid groups (broad SMARTS) is 1. The lowest BCUT2D eigenvalue weighted by Crippen LogP contribution is -2.18. The molecule has 3 N–H and O–H groups in total. The molecule has 18 heavy (non-hydrogen) atoms. The van der Waals surface area contributed by atoms with Crippen molar-refractivity contribution in [3.8, 4) is 0 Å². The van der Waals surface area contributed by atoms with Crippen molar-refractivity contribution in [1.29, 1.82) is 0 Å². The van der Waals surface area contributed by atoms with Gasteiger partial charge in [-0.1, -0.05) is 13.8 Å². The maximum Gasteiger partial charge on any atom is 0.307 e. The first-order chi connectivity index (χ1) is 8.26. The van der Waals surface area contributed by atoms with E-state index >= 15 is 0 Å². The SMILES string of the molecule is Cc1n[nH]c(C)c1NC(=O)[C@H]1[C@@H](C(=O)O)C1(C)C. The lowest BCUT2D eigenvalue weighted by molar-refractivity contribution is -0.140. The number of nitrogens with one attached hydrogen (secondary N) is 2. The first-order valence-corrected chi connectivity index (χ1v) is 5.82. The van der Waals surface area contributed by atoms with Crippen molar-refractivity contribution < 1.29 is 14.7 Å². The molecule has 98 valence electrons. The highest BCUT2D eigenvalue weighted by molar-refractivity contribution is 6.00. The molecule has 1 aromatic heterocycles. The molecule has 1 aliphatic carbocycles. The number of amides is 1. The second-order valence-corrected chi connectivity index (χ2v) is 5.41. The summed E-state index contributed by atoms with van der Waals surface area (Å²) in [5, 5.41) is 18.6. The number of carbonyl (C=O) groups excluding carboxylic acids is 1. The number of H-pyrrole nitrogens is 1. The Morgan fingerprint density at radius 2 is 1.94 bits per heavy atom. The van der Waals surface area contributed by atoms with Crippen molar-refractivity contribution >= 4 is 17.6 Å². The number of hydrogen-bond acceptors (Lipinski definition) is 3. The summed E-state index contributed by atoms with van der Waals surface area (Å²) in [6.45, 7) is 7.18. The van der Waals surface area contributed by atoms with Gasteiger partial charge in [0, 0.05) is 0 Å². The average Bonchev–Trinajstić information content (AvgIpc) is 2.72. The molecule has 1 saturated carbocycles. The minimum absolute atomic E-state index is 0.250. The first kappa shape index (κ1) is 12.6. The molecule has 0 aromatic carbocycles. The molecule has 0 saturated heterocycles. The number of carboxylic acids is 1. The van der Waals surface area contributed by atoms with Crippen LogP contribution < -0.4 is 5.32 Å². The van der Waals surface area contributed by atoms with E-state index in [-0.39, 0.29) is 5.91 Å². The molecule has 6 nitrogen and oxygen atoms in total. The Bertz CT molecular complexity index is 499. The molecule has 0 radical (unpaired) electrons. The minimum atomic E-state index is -0.916. The van der Waals surface area contributed by atoms with Crippen LogP contribution in [0, 0.1) is 31.1 Å². The van der Waals surface area contributed by atoms with Crippen molar-refractivity contribution in [1.82, 2.24) is 10.2 Å². The van der Waals surface area contributed by atoms with Gasteiger partial charge in [0.1, 0.15) is 0 Å². The fourth-order valence-corrected chi connectivity index (χ4v) is 2.52. The van der Waals surface area contributed by atoms with Gasteiger partial charge in [0.05, 0.1) is 28.9 Å². The van der Waals surface area contributed by atoms with E-state index in [2.05, 4.69) is 15.5 Å². The van der Waals surface area contributed by atoms with Gasteiger partial charge in [-0.3, -0.25) is 14.7 Å². The predicted octanol–water partition coefficient (Wildman–Crippen LogP) is 1.32. The van der Waals surface area contributed by atoms with Crippen molar-refractivity contribution in [2.24, 2.45) is 17.3 Å². The van der Waals surface area contributed by atoms with Crippen LogP contribution in [0.5, 0.6) is 0 Å². The van der Waals surface area contributed by atoms with E-state index in [1.807, 2.05) is 6.92 Å². The number of rotatable bonds is 3. The number of carbonyl (C=O) groups is 2. The zero-order valence-electron chi connectivity index (χ0n) is 10.9. The third-order valence-electron chi connectivity index (χ3n) is 3.75. The van der Waals surface area contributed by atoms with E-state index in [0.717, 1.165) is 5.69 Å². The molecule has 2 rings (SSSR count). The van der Waals surface area contributed by atoms with E-state index in [1.165, 1.54) is 0 Å². The summed E-state index contributed by atoms with van der Waals surface area (Å²) in [5.74, 6) is -2.26. The molecular weight excluding hydrogens is 234 g/mol. The number of hydrogen-bond donors (Lipinski definition) is 3. The van der Waals surface area contributed by atoms with Gasteiger partial charge >= 0.3 is 5.97 Å².